The number of hydrogen-bond donors (Lipinski definition) is 2. The van der Waals surface area contributed by atoms with Gasteiger partial charge in [-0.2, -0.15) is 0 Å². The Morgan fingerprint density at radius 2 is 2.12 bits per heavy atom. The molecule has 0 bridgehead atoms. The van der Waals surface area contributed by atoms with Crippen LogP contribution in [-0.2, 0) is 9.59 Å². The van der Waals surface area contributed by atoms with Gasteiger partial charge in [0.05, 0.1) is 12.5 Å². The standard InChI is InChI=1S/C11H19N3O2/c1-14-10(15)7-9(11(14)16)13-8-3-2-5-12-6-4-8/h8-9,12-13H,2-7H2,1H3. The lowest BCUT2D eigenvalue weighted by Gasteiger charge is -2.19. The van der Waals surface area contributed by atoms with Crippen molar-refractivity contribution in [2.24, 2.45) is 0 Å². The second-order valence-corrected chi connectivity index (χ2v) is 4.59. The summed E-state index contributed by atoms with van der Waals surface area (Å²) in [5.41, 5.74) is 0. The highest BCUT2D eigenvalue weighted by atomic mass is 16.2. The van der Waals surface area contributed by atoms with Gasteiger partial charge in [-0.3, -0.25) is 14.5 Å². The van der Waals surface area contributed by atoms with Crippen molar-refractivity contribution in [3.05, 3.63) is 0 Å². The van der Waals surface area contributed by atoms with Crippen LogP contribution in [0.3, 0.4) is 0 Å². The molecule has 90 valence electrons. The van der Waals surface area contributed by atoms with Crippen LogP contribution in [0.1, 0.15) is 25.7 Å². The molecule has 2 atom stereocenters. The predicted molar refractivity (Wildman–Crippen MR) is 59.8 cm³/mol. The van der Waals surface area contributed by atoms with Gasteiger partial charge in [-0.05, 0) is 32.4 Å². The van der Waals surface area contributed by atoms with E-state index in [2.05, 4.69) is 10.6 Å². The summed E-state index contributed by atoms with van der Waals surface area (Å²) in [6, 6.07) is 0.0730. The van der Waals surface area contributed by atoms with Gasteiger partial charge >= 0.3 is 0 Å². The number of hydrogen-bond acceptors (Lipinski definition) is 4. The van der Waals surface area contributed by atoms with Gasteiger partial charge in [0.1, 0.15) is 0 Å². The van der Waals surface area contributed by atoms with Crippen molar-refractivity contribution in [3.8, 4) is 0 Å². The van der Waals surface area contributed by atoms with E-state index in [0.29, 0.717) is 12.5 Å². The molecule has 16 heavy (non-hydrogen) atoms. The van der Waals surface area contributed by atoms with Crippen molar-refractivity contribution in [1.29, 1.82) is 0 Å². The number of likely N-dealkylation sites (N-methyl/N-ethyl adjacent to an activating group) is 1. The Hall–Kier alpha value is -0.940. The monoisotopic (exact) mass is 225 g/mol. The van der Waals surface area contributed by atoms with E-state index in [1.54, 1.807) is 7.05 Å². The molecule has 0 radical (unpaired) electrons. The number of rotatable bonds is 2. The third-order valence-electron chi connectivity index (χ3n) is 3.39. The molecule has 0 aromatic heterocycles. The van der Waals surface area contributed by atoms with Crippen LogP contribution in [0.4, 0.5) is 0 Å². The van der Waals surface area contributed by atoms with Crippen molar-refractivity contribution in [2.45, 2.75) is 37.8 Å². The molecule has 0 spiro atoms. The van der Waals surface area contributed by atoms with Crippen LogP contribution in [0, 0.1) is 0 Å². The topological polar surface area (TPSA) is 61.4 Å². The molecule has 0 aromatic carbocycles. The van der Waals surface area contributed by atoms with Crippen LogP contribution >= 0.6 is 0 Å². The predicted octanol–water partition coefficient (Wildman–Crippen LogP) is -0.525. The quantitative estimate of drug-likeness (QED) is 0.621. The molecule has 5 nitrogen and oxygen atoms in total. The summed E-state index contributed by atoms with van der Waals surface area (Å²) in [7, 11) is 1.56. The van der Waals surface area contributed by atoms with Gasteiger partial charge in [0.2, 0.25) is 11.8 Å². The lowest BCUT2D eigenvalue weighted by atomic mass is 10.1. The zero-order chi connectivity index (χ0) is 11.5. The molecule has 2 aliphatic rings. The molecular weight excluding hydrogens is 206 g/mol. The fourth-order valence-electron chi connectivity index (χ4n) is 2.36. The van der Waals surface area contributed by atoms with Crippen molar-refractivity contribution >= 4 is 11.8 Å². The fraction of sp³-hybridized carbons (Fsp3) is 0.818. The minimum Gasteiger partial charge on any atom is -0.317 e. The summed E-state index contributed by atoms with van der Waals surface area (Å²) in [6.45, 7) is 2.04. The first-order valence-corrected chi connectivity index (χ1v) is 5.95. The maximum absolute atomic E-state index is 11.7. The second kappa shape index (κ2) is 4.93. The average Bonchev–Trinajstić information content (AvgIpc) is 2.53. The molecule has 2 N–H and O–H groups in total. The highest BCUT2D eigenvalue weighted by molar-refractivity contribution is 6.05. The van der Waals surface area contributed by atoms with Crippen molar-refractivity contribution in [3.63, 3.8) is 0 Å². The number of carbonyl (C=O) groups excluding carboxylic acids is 2. The number of carbonyl (C=O) groups is 2. The van der Waals surface area contributed by atoms with Crippen molar-refractivity contribution in [1.82, 2.24) is 15.5 Å². The molecule has 2 heterocycles. The molecule has 2 unspecified atom stereocenters. The summed E-state index contributed by atoms with van der Waals surface area (Å²) in [5.74, 6) is -0.156. The maximum Gasteiger partial charge on any atom is 0.246 e. The highest BCUT2D eigenvalue weighted by Gasteiger charge is 2.36. The van der Waals surface area contributed by atoms with Gasteiger partial charge in [0, 0.05) is 13.1 Å². The van der Waals surface area contributed by atoms with E-state index in [4.69, 9.17) is 0 Å². The van der Waals surface area contributed by atoms with E-state index >= 15 is 0 Å². The van der Waals surface area contributed by atoms with Crippen LogP contribution in [0.25, 0.3) is 0 Å². The smallest absolute Gasteiger partial charge is 0.246 e. The largest absolute Gasteiger partial charge is 0.317 e. The Balaban J connectivity index is 1.89. The van der Waals surface area contributed by atoms with Crippen LogP contribution in [0.2, 0.25) is 0 Å². The molecule has 0 aromatic rings. The summed E-state index contributed by atoms with van der Waals surface area (Å²) >= 11 is 0. The van der Waals surface area contributed by atoms with Gasteiger partial charge in [-0.1, -0.05) is 0 Å². The van der Waals surface area contributed by atoms with Gasteiger partial charge in [-0.25, -0.2) is 0 Å². The zero-order valence-corrected chi connectivity index (χ0v) is 9.66. The zero-order valence-electron chi connectivity index (χ0n) is 9.66. The summed E-state index contributed by atoms with van der Waals surface area (Å²) < 4.78 is 0. The second-order valence-electron chi connectivity index (χ2n) is 4.59. The molecule has 0 aliphatic carbocycles. The molecular formula is C11H19N3O2. The normalized spacial score (nSPS) is 31.9. The fourth-order valence-corrected chi connectivity index (χ4v) is 2.36. The summed E-state index contributed by atoms with van der Waals surface area (Å²) in [5, 5.41) is 6.64. The van der Waals surface area contributed by atoms with E-state index in [1.165, 1.54) is 4.90 Å². The first-order chi connectivity index (χ1) is 7.68. The third kappa shape index (κ3) is 2.41. The highest BCUT2D eigenvalue weighted by Crippen LogP contribution is 2.14. The minimum absolute atomic E-state index is 0.0748. The Morgan fingerprint density at radius 3 is 2.81 bits per heavy atom. The SMILES string of the molecule is CN1C(=O)CC(NC2CCCNCC2)C1=O. The number of likely N-dealkylation sites (tertiary alicyclic amines) is 1. The lowest BCUT2D eigenvalue weighted by molar-refractivity contribution is -0.137. The molecule has 2 rings (SSSR count). The van der Waals surface area contributed by atoms with E-state index in [0.717, 1.165) is 32.4 Å². The van der Waals surface area contributed by atoms with Crippen LogP contribution in [0.15, 0.2) is 0 Å². The van der Waals surface area contributed by atoms with Crippen LogP contribution in [0.5, 0.6) is 0 Å². The van der Waals surface area contributed by atoms with Crippen molar-refractivity contribution in [2.75, 3.05) is 20.1 Å². The Labute approximate surface area is 95.6 Å². The number of nitrogens with one attached hydrogen (secondary N) is 2. The molecule has 2 fully saturated rings. The molecule has 2 aliphatic heterocycles. The van der Waals surface area contributed by atoms with E-state index in [9.17, 15) is 9.59 Å². The van der Waals surface area contributed by atoms with Crippen LogP contribution in [-0.4, -0.2) is 48.9 Å². The minimum atomic E-state index is -0.291. The Morgan fingerprint density at radius 1 is 1.31 bits per heavy atom. The lowest BCUT2D eigenvalue weighted by Crippen LogP contribution is -2.43. The molecule has 5 heteroatoms. The number of imide groups is 1. The Kier molecular flexibility index (Phi) is 3.56. The Bertz CT molecular complexity index is 285. The molecule has 0 saturated carbocycles. The number of nitrogens with zero attached hydrogens (tertiary/aromatic N) is 1. The van der Waals surface area contributed by atoms with E-state index in [-0.39, 0.29) is 17.9 Å². The average molecular weight is 225 g/mol. The van der Waals surface area contributed by atoms with Gasteiger partial charge in [0.15, 0.2) is 0 Å². The molecule has 2 saturated heterocycles. The number of amides is 2. The van der Waals surface area contributed by atoms with E-state index < -0.39 is 0 Å². The van der Waals surface area contributed by atoms with Gasteiger partial charge in [-0.15, -0.1) is 0 Å². The van der Waals surface area contributed by atoms with Gasteiger partial charge in [0.25, 0.3) is 0 Å². The van der Waals surface area contributed by atoms with Crippen LogP contribution < -0.4 is 10.6 Å². The van der Waals surface area contributed by atoms with Crippen molar-refractivity contribution < 1.29 is 9.59 Å². The first-order valence-electron chi connectivity index (χ1n) is 5.95. The maximum atomic E-state index is 11.7. The summed E-state index contributed by atoms with van der Waals surface area (Å²) in [6.07, 6.45) is 3.55. The first kappa shape index (κ1) is 11.5. The molecule has 2 amide bonds. The summed E-state index contributed by atoms with van der Waals surface area (Å²) in [4.78, 5) is 24.3. The van der Waals surface area contributed by atoms with Gasteiger partial charge < -0.3 is 10.6 Å². The van der Waals surface area contributed by atoms with E-state index in [1.807, 2.05) is 0 Å². The third-order valence-corrected chi connectivity index (χ3v) is 3.39.